The van der Waals surface area contributed by atoms with Crippen molar-refractivity contribution in [2.75, 3.05) is 0 Å². The summed E-state index contributed by atoms with van der Waals surface area (Å²) in [5.41, 5.74) is 0.726. The number of rotatable bonds is 2. The van der Waals surface area contributed by atoms with Crippen molar-refractivity contribution >= 4 is 73.7 Å². The van der Waals surface area contributed by atoms with Gasteiger partial charge in [0.25, 0.3) is 0 Å². The normalized spacial score (nSPS) is 28.4. The van der Waals surface area contributed by atoms with Gasteiger partial charge in [0.2, 0.25) is 0 Å². The van der Waals surface area contributed by atoms with Crippen LogP contribution in [-0.4, -0.2) is 24.2 Å². The number of fused-ring (bicyclic) bond motifs is 2. The molecule has 2 heterocycles. The Hall–Kier alpha value is 0.840. The monoisotopic (exact) mass is 609 g/mol. The summed E-state index contributed by atoms with van der Waals surface area (Å²) in [5.74, 6) is -0.163. The van der Waals surface area contributed by atoms with Crippen molar-refractivity contribution in [2.24, 2.45) is 0 Å². The minimum absolute atomic E-state index is 0.0747. The minimum atomic E-state index is -0.163. The predicted octanol–water partition coefficient (Wildman–Crippen LogP) is 3.94. The van der Waals surface area contributed by atoms with E-state index < -0.39 is 0 Å². The van der Waals surface area contributed by atoms with E-state index in [9.17, 15) is 4.79 Å². The lowest BCUT2D eigenvalue weighted by Gasteiger charge is -2.29. The van der Waals surface area contributed by atoms with Crippen LogP contribution in [0.4, 0.5) is 0 Å². The second-order valence-corrected chi connectivity index (χ2v) is 8.76. The van der Waals surface area contributed by atoms with Crippen LogP contribution < -0.4 is 5.32 Å². The van der Waals surface area contributed by atoms with Gasteiger partial charge in [-0.1, -0.05) is 0 Å². The molecule has 20 heavy (non-hydrogen) atoms. The summed E-state index contributed by atoms with van der Waals surface area (Å²) in [5, 5.41) is 3.57. The van der Waals surface area contributed by atoms with Gasteiger partial charge in [-0.3, -0.25) is 0 Å². The molecule has 0 saturated carbocycles. The molecular weight excluding hydrogens is 595 g/mol. The third-order valence-corrected chi connectivity index (χ3v) is 7.90. The molecule has 0 aromatic heterocycles. The van der Waals surface area contributed by atoms with Gasteiger partial charge in [0, 0.05) is 22.8 Å². The lowest BCUT2D eigenvalue weighted by atomic mass is 10.0. The topological polar surface area (TPSA) is 38.3 Å². The van der Waals surface area contributed by atoms with Gasteiger partial charge in [-0.05, 0) is 106 Å². The summed E-state index contributed by atoms with van der Waals surface area (Å²) in [7, 11) is 0. The molecule has 2 unspecified atom stereocenters. The van der Waals surface area contributed by atoms with Crippen LogP contribution in [0.5, 0.6) is 0 Å². The van der Waals surface area contributed by atoms with Gasteiger partial charge in [0.05, 0.1) is 5.56 Å². The first-order chi connectivity index (χ1) is 9.54. The fourth-order valence-corrected chi connectivity index (χ4v) is 5.35. The second-order valence-electron chi connectivity index (χ2n) is 5.35. The molecule has 0 radical (unpaired) electrons. The molecule has 2 aliphatic heterocycles. The number of carbonyl (C=O) groups excluding carboxylic acids is 1. The second kappa shape index (κ2) is 6.53. The molecule has 0 amide bonds. The third kappa shape index (κ3) is 3.27. The van der Waals surface area contributed by atoms with Gasteiger partial charge < -0.3 is 10.1 Å². The summed E-state index contributed by atoms with van der Waals surface area (Å²) < 4.78 is 8.85. The fourth-order valence-electron chi connectivity index (χ4n) is 3.03. The van der Waals surface area contributed by atoms with Gasteiger partial charge in [0.15, 0.2) is 0 Å². The van der Waals surface area contributed by atoms with Gasteiger partial charge in [-0.2, -0.15) is 0 Å². The first kappa shape index (κ1) is 15.7. The number of piperidine rings is 1. The number of halogens is 3. The lowest BCUT2D eigenvalue weighted by molar-refractivity contribution is 0.0175. The predicted molar refractivity (Wildman–Crippen MR) is 103 cm³/mol. The Morgan fingerprint density at radius 1 is 1.10 bits per heavy atom. The van der Waals surface area contributed by atoms with Gasteiger partial charge >= 0.3 is 5.97 Å². The molecule has 3 nitrogen and oxygen atoms in total. The van der Waals surface area contributed by atoms with E-state index in [-0.39, 0.29) is 12.1 Å². The molecule has 2 saturated heterocycles. The van der Waals surface area contributed by atoms with Gasteiger partial charge in [0.1, 0.15) is 6.10 Å². The van der Waals surface area contributed by atoms with Crippen molar-refractivity contribution in [1.82, 2.24) is 5.32 Å². The van der Waals surface area contributed by atoms with Crippen LogP contribution in [0.3, 0.4) is 0 Å². The largest absolute Gasteiger partial charge is 0.459 e. The lowest BCUT2D eigenvalue weighted by Crippen LogP contribution is -2.42. The molecule has 6 heteroatoms. The number of ether oxygens (including phenoxy) is 1. The molecule has 2 fully saturated rings. The SMILES string of the molecule is O=C(OC1CC2CCC(C1)N2)c1c(I)ccc(I)c1I. The van der Waals surface area contributed by atoms with Gasteiger partial charge in [-0.25, -0.2) is 4.79 Å². The maximum Gasteiger partial charge on any atom is 0.340 e. The summed E-state index contributed by atoms with van der Waals surface area (Å²) >= 11 is 6.70. The van der Waals surface area contributed by atoms with Crippen LogP contribution in [0.15, 0.2) is 12.1 Å². The Labute approximate surface area is 159 Å². The standard InChI is InChI=1S/C14H14I3NO2/c15-10-3-4-11(16)13(17)12(10)14(19)20-9-5-7-1-2-8(6-9)18-7/h3-4,7-9,18H,1-2,5-6H2. The van der Waals surface area contributed by atoms with Crippen molar-refractivity contribution in [1.29, 1.82) is 0 Å². The van der Waals surface area contributed by atoms with Crippen LogP contribution >= 0.6 is 67.8 Å². The molecule has 108 valence electrons. The molecule has 0 aliphatic carbocycles. The maximum atomic E-state index is 12.5. The van der Waals surface area contributed by atoms with E-state index in [1.807, 2.05) is 12.1 Å². The Bertz CT molecular complexity index is 537. The average Bonchev–Trinajstić information content (AvgIpc) is 2.74. The molecule has 1 aromatic carbocycles. The van der Waals surface area contributed by atoms with E-state index in [4.69, 9.17) is 4.74 Å². The van der Waals surface area contributed by atoms with Crippen LogP contribution in [-0.2, 0) is 4.74 Å². The molecule has 0 spiro atoms. The van der Waals surface area contributed by atoms with E-state index in [1.54, 1.807) is 0 Å². The van der Waals surface area contributed by atoms with Crippen molar-refractivity contribution in [2.45, 2.75) is 43.9 Å². The van der Waals surface area contributed by atoms with E-state index in [2.05, 4.69) is 73.1 Å². The molecule has 2 atom stereocenters. The zero-order chi connectivity index (χ0) is 14.3. The van der Waals surface area contributed by atoms with Crippen LogP contribution in [0, 0.1) is 10.7 Å². The highest BCUT2D eigenvalue weighted by Crippen LogP contribution is 2.30. The quantitative estimate of drug-likeness (QED) is 0.314. The first-order valence-corrected chi connectivity index (χ1v) is 9.88. The fraction of sp³-hybridized carbons (Fsp3) is 0.500. The number of hydrogen-bond acceptors (Lipinski definition) is 3. The summed E-state index contributed by atoms with van der Waals surface area (Å²) in [4.78, 5) is 12.5. The van der Waals surface area contributed by atoms with Crippen LogP contribution in [0.1, 0.15) is 36.0 Å². The number of benzene rings is 1. The highest BCUT2D eigenvalue weighted by Gasteiger charge is 2.35. The van der Waals surface area contributed by atoms with E-state index in [1.165, 1.54) is 12.8 Å². The maximum absolute atomic E-state index is 12.5. The summed E-state index contributed by atoms with van der Waals surface area (Å²) in [6.07, 6.45) is 4.43. The highest BCUT2D eigenvalue weighted by molar-refractivity contribution is 14.1. The Balaban J connectivity index is 1.75. The Kier molecular flexibility index (Phi) is 5.13. The molecule has 1 aromatic rings. The van der Waals surface area contributed by atoms with Crippen LogP contribution in [0.2, 0.25) is 0 Å². The molecule has 2 aliphatic rings. The highest BCUT2D eigenvalue weighted by atomic mass is 127. The Morgan fingerprint density at radius 3 is 2.35 bits per heavy atom. The van der Waals surface area contributed by atoms with Crippen molar-refractivity contribution in [3.63, 3.8) is 0 Å². The summed E-state index contributed by atoms with van der Waals surface area (Å²) in [6, 6.07) is 5.10. The van der Waals surface area contributed by atoms with Gasteiger partial charge in [-0.15, -0.1) is 0 Å². The smallest absolute Gasteiger partial charge is 0.340 e. The first-order valence-electron chi connectivity index (χ1n) is 6.65. The van der Waals surface area contributed by atoms with E-state index in [0.717, 1.165) is 29.1 Å². The molecular formula is C14H14I3NO2. The van der Waals surface area contributed by atoms with Crippen molar-refractivity contribution in [3.8, 4) is 0 Å². The van der Waals surface area contributed by atoms with Crippen molar-refractivity contribution in [3.05, 3.63) is 28.4 Å². The molecule has 3 rings (SSSR count). The number of esters is 1. The number of carbonyl (C=O) groups is 1. The van der Waals surface area contributed by atoms with E-state index in [0.29, 0.717) is 12.1 Å². The Morgan fingerprint density at radius 2 is 1.70 bits per heavy atom. The number of nitrogens with one attached hydrogen (secondary N) is 1. The van der Waals surface area contributed by atoms with Crippen molar-refractivity contribution < 1.29 is 9.53 Å². The zero-order valence-corrected chi connectivity index (χ0v) is 17.1. The zero-order valence-electron chi connectivity index (χ0n) is 10.7. The third-order valence-electron chi connectivity index (χ3n) is 3.95. The number of hydrogen-bond donors (Lipinski definition) is 1. The average molecular weight is 609 g/mol. The molecule has 1 N–H and O–H groups in total. The summed E-state index contributed by atoms with van der Waals surface area (Å²) in [6.45, 7) is 0. The minimum Gasteiger partial charge on any atom is -0.459 e. The van der Waals surface area contributed by atoms with Crippen LogP contribution in [0.25, 0.3) is 0 Å². The molecule has 2 bridgehead atoms. The van der Waals surface area contributed by atoms with E-state index >= 15 is 0 Å².